The van der Waals surface area contributed by atoms with E-state index < -0.39 is 17.8 Å². The molecule has 0 fully saturated rings. The van der Waals surface area contributed by atoms with E-state index in [1.54, 1.807) is 54.6 Å². The maximum absolute atomic E-state index is 13.3. The summed E-state index contributed by atoms with van der Waals surface area (Å²) in [7, 11) is 0. The number of anilines is 1. The molecule has 0 radical (unpaired) electrons. The second kappa shape index (κ2) is 8.47. The molecule has 0 aliphatic carbocycles. The Morgan fingerprint density at radius 3 is 2.15 bits per heavy atom. The zero-order chi connectivity index (χ0) is 19.2. The van der Waals surface area contributed by atoms with Crippen molar-refractivity contribution in [1.29, 1.82) is 0 Å². The van der Waals surface area contributed by atoms with Crippen LogP contribution in [0.2, 0.25) is 5.02 Å². The van der Waals surface area contributed by atoms with E-state index in [-0.39, 0.29) is 10.9 Å². The van der Waals surface area contributed by atoms with E-state index in [0.29, 0.717) is 16.8 Å². The second-order valence-electron chi connectivity index (χ2n) is 5.80. The second-order valence-corrected chi connectivity index (χ2v) is 6.21. The molecule has 2 N–H and O–H groups in total. The first-order valence-corrected chi connectivity index (χ1v) is 8.59. The number of carbonyl (C=O) groups is 2. The van der Waals surface area contributed by atoms with Crippen molar-refractivity contribution in [3.8, 4) is 0 Å². The van der Waals surface area contributed by atoms with Gasteiger partial charge in [0.15, 0.2) is 0 Å². The van der Waals surface area contributed by atoms with Gasteiger partial charge >= 0.3 is 0 Å². The monoisotopic (exact) mass is 382 g/mol. The molecule has 6 heteroatoms. The predicted molar refractivity (Wildman–Crippen MR) is 103 cm³/mol. The van der Waals surface area contributed by atoms with Crippen LogP contribution in [-0.2, 0) is 4.79 Å². The van der Waals surface area contributed by atoms with Crippen molar-refractivity contribution in [3.63, 3.8) is 0 Å². The van der Waals surface area contributed by atoms with E-state index >= 15 is 0 Å². The van der Waals surface area contributed by atoms with Gasteiger partial charge in [-0.2, -0.15) is 0 Å². The molecule has 4 nitrogen and oxygen atoms in total. The lowest BCUT2D eigenvalue weighted by Crippen LogP contribution is -2.37. The highest BCUT2D eigenvalue weighted by Gasteiger charge is 2.23. The van der Waals surface area contributed by atoms with Crippen molar-refractivity contribution in [1.82, 2.24) is 5.32 Å². The highest BCUT2D eigenvalue weighted by Crippen LogP contribution is 2.21. The fourth-order valence-electron chi connectivity index (χ4n) is 2.54. The summed E-state index contributed by atoms with van der Waals surface area (Å²) in [5.41, 5.74) is 1.39. The van der Waals surface area contributed by atoms with Crippen molar-refractivity contribution in [2.75, 3.05) is 5.32 Å². The van der Waals surface area contributed by atoms with Crippen molar-refractivity contribution >= 4 is 29.1 Å². The fraction of sp³-hybridized carbons (Fsp3) is 0.0476. The molecule has 1 unspecified atom stereocenters. The minimum absolute atomic E-state index is 0.0996. The maximum Gasteiger partial charge on any atom is 0.252 e. The van der Waals surface area contributed by atoms with Gasteiger partial charge in [-0.15, -0.1) is 0 Å². The summed E-state index contributed by atoms with van der Waals surface area (Å²) in [5.74, 6) is -1.42. The van der Waals surface area contributed by atoms with Crippen molar-refractivity contribution in [3.05, 3.63) is 101 Å². The Labute approximate surface area is 161 Å². The summed E-state index contributed by atoms with van der Waals surface area (Å²) in [6.45, 7) is 0. The van der Waals surface area contributed by atoms with Gasteiger partial charge in [0.25, 0.3) is 11.8 Å². The number of hydrogen-bond acceptors (Lipinski definition) is 2. The quantitative estimate of drug-likeness (QED) is 0.678. The van der Waals surface area contributed by atoms with Gasteiger partial charge in [0.2, 0.25) is 0 Å². The molecule has 0 saturated heterocycles. The van der Waals surface area contributed by atoms with Crippen LogP contribution in [-0.4, -0.2) is 11.8 Å². The standard InChI is InChI=1S/C21H16ClFN2O2/c22-17-13-16(11-12-18(17)23)24-21(27)19(14-7-3-1-4-8-14)25-20(26)15-9-5-2-6-10-15/h1-13,19H,(H,24,27)(H,25,26). The van der Waals surface area contributed by atoms with Crippen LogP contribution in [0.3, 0.4) is 0 Å². The van der Waals surface area contributed by atoms with Crippen LogP contribution in [0, 0.1) is 5.82 Å². The van der Waals surface area contributed by atoms with Gasteiger partial charge in [-0.05, 0) is 35.9 Å². The molecule has 0 aromatic heterocycles. The lowest BCUT2D eigenvalue weighted by atomic mass is 10.1. The Morgan fingerprint density at radius 2 is 1.52 bits per heavy atom. The van der Waals surface area contributed by atoms with Crippen LogP contribution >= 0.6 is 11.6 Å². The van der Waals surface area contributed by atoms with Crippen molar-refractivity contribution < 1.29 is 14.0 Å². The number of carbonyl (C=O) groups excluding carboxylic acids is 2. The molecule has 3 rings (SSSR count). The largest absolute Gasteiger partial charge is 0.336 e. The van der Waals surface area contributed by atoms with Gasteiger partial charge in [0, 0.05) is 11.3 Å². The van der Waals surface area contributed by atoms with E-state index in [0.717, 1.165) is 6.07 Å². The number of halogens is 2. The van der Waals surface area contributed by atoms with Crippen LogP contribution in [0.5, 0.6) is 0 Å². The number of hydrogen-bond donors (Lipinski definition) is 2. The topological polar surface area (TPSA) is 58.2 Å². The number of nitrogens with one attached hydrogen (secondary N) is 2. The number of amides is 2. The van der Waals surface area contributed by atoms with Gasteiger partial charge in [-0.25, -0.2) is 4.39 Å². The molecule has 27 heavy (non-hydrogen) atoms. The molecule has 0 bridgehead atoms. The smallest absolute Gasteiger partial charge is 0.252 e. The van der Waals surface area contributed by atoms with Gasteiger partial charge in [-0.3, -0.25) is 9.59 Å². The van der Waals surface area contributed by atoms with Gasteiger partial charge in [0.05, 0.1) is 5.02 Å². The van der Waals surface area contributed by atoms with Gasteiger partial charge in [-0.1, -0.05) is 60.1 Å². The van der Waals surface area contributed by atoms with Crippen molar-refractivity contribution in [2.45, 2.75) is 6.04 Å². The summed E-state index contributed by atoms with van der Waals surface area (Å²) in [5, 5.41) is 5.30. The normalized spacial score (nSPS) is 11.5. The van der Waals surface area contributed by atoms with Crippen molar-refractivity contribution in [2.24, 2.45) is 0 Å². The predicted octanol–water partition coefficient (Wildman–Crippen LogP) is 4.59. The first kappa shape index (κ1) is 18.6. The molecule has 2 amide bonds. The van der Waals surface area contributed by atoms with Crippen LogP contribution in [0.1, 0.15) is 22.0 Å². The van der Waals surface area contributed by atoms with E-state index in [1.807, 2.05) is 6.07 Å². The zero-order valence-electron chi connectivity index (χ0n) is 14.2. The summed E-state index contributed by atoms with van der Waals surface area (Å²) in [6.07, 6.45) is 0. The highest BCUT2D eigenvalue weighted by molar-refractivity contribution is 6.31. The summed E-state index contributed by atoms with van der Waals surface area (Å²) >= 11 is 5.76. The van der Waals surface area contributed by atoms with Crippen LogP contribution in [0.25, 0.3) is 0 Å². The van der Waals surface area contributed by atoms with Crippen LogP contribution in [0.4, 0.5) is 10.1 Å². The lowest BCUT2D eigenvalue weighted by Gasteiger charge is -2.19. The highest BCUT2D eigenvalue weighted by atomic mass is 35.5. The Morgan fingerprint density at radius 1 is 0.889 bits per heavy atom. The van der Waals surface area contributed by atoms with Gasteiger partial charge in [0.1, 0.15) is 11.9 Å². The minimum Gasteiger partial charge on any atom is -0.336 e. The molecule has 1 atom stereocenters. The maximum atomic E-state index is 13.3. The number of benzene rings is 3. The van der Waals surface area contributed by atoms with Crippen LogP contribution < -0.4 is 10.6 Å². The lowest BCUT2D eigenvalue weighted by molar-refractivity contribution is -0.118. The first-order valence-electron chi connectivity index (χ1n) is 8.21. The molecule has 136 valence electrons. The summed E-state index contributed by atoms with van der Waals surface area (Å²) in [4.78, 5) is 25.3. The third-order valence-electron chi connectivity index (χ3n) is 3.89. The summed E-state index contributed by atoms with van der Waals surface area (Å²) in [6, 6.07) is 20.4. The van der Waals surface area contributed by atoms with E-state index in [9.17, 15) is 14.0 Å². The molecular formula is C21H16ClFN2O2. The molecule has 0 aliphatic rings. The molecule has 0 aliphatic heterocycles. The molecule has 3 aromatic rings. The SMILES string of the molecule is O=C(NC(C(=O)Nc1ccc(F)c(Cl)c1)c1ccccc1)c1ccccc1. The first-order chi connectivity index (χ1) is 13.0. The average Bonchev–Trinajstić information content (AvgIpc) is 2.70. The molecule has 3 aromatic carbocycles. The Bertz CT molecular complexity index is 949. The van der Waals surface area contributed by atoms with E-state index in [1.165, 1.54) is 12.1 Å². The Hall–Kier alpha value is -3.18. The average molecular weight is 383 g/mol. The fourth-order valence-corrected chi connectivity index (χ4v) is 2.72. The Balaban J connectivity index is 1.84. The number of rotatable bonds is 5. The van der Waals surface area contributed by atoms with E-state index in [2.05, 4.69) is 10.6 Å². The Kier molecular flexibility index (Phi) is 5.84. The molecule has 0 spiro atoms. The minimum atomic E-state index is -0.928. The third-order valence-corrected chi connectivity index (χ3v) is 4.18. The molecule has 0 saturated carbocycles. The van der Waals surface area contributed by atoms with E-state index in [4.69, 9.17) is 11.6 Å². The summed E-state index contributed by atoms with van der Waals surface area (Å²) < 4.78 is 13.3. The van der Waals surface area contributed by atoms with Crippen LogP contribution in [0.15, 0.2) is 78.9 Å². The third kappa shape index (κ3) is 4.71. The molecular weight excluding hydrogens is 367 g/mol. The molecule has 0 heterocycles. The zero-order valence-corrected chi connectivity index (χ0v) is 14.9. The van der Waals surface area contributed by atoms with Gasteiger partial charge < -0.3 is 10.6 Å².